The van der Waals surface area contributed by atoms with Crippen LogP contribution in [0.2, 0.25) is 0 Å². The Morgan fingerprint density at radius 2 is 1.63 bits per heavy atom. The number of nitrogens with one attached hydrogen (secondary N) is 2. The highest BCUT2D eigenvalue weighted by Gasteiger charge is 2.37. The van der Waals surface area contributed by atoms with E-state index in [2.05, 4.69) is 16.6 Å². The maximum atomic E-state index is 13.9. The van der Waals surface area contributed by atoms with Gasteiger partial charge in [-0.2, -0.15) is 0 Å². The summed E-state index contributed by atoms with van der Waals surface area (Å²) < 4.78 is 5.40. The van der Waals surface area contributed by atoms with E-state index in [1.807, 2.05) is 41.5 Å². The Morgan fingerprint density at radius 3 is 2.06 bits per heavy atom. The number of terminal acetylenes is 1. The van der Waals surface area contributed by atoms with Crippen LogP contribution in [0, 0.1) is 18.3 Å². The molecule has 35 heavy (non-hydrogen) atoms. The quantitative estimate of drug-likeness (QED) is 0.492. The van der Waals surface area contributed by atoms with Crippen molar-refractivity contribution in [2.75, 3.05) is 6.54 Å². The zero-order valence-corrected chi connectivity index (χ0v) is 22.8. The van der Waals surface area contributed by atoms with Gasteiger partial charge in [-0.3, -0.25) is 9.59 Å². The van der Waals surface area contributed by atoms with Gasteiger partial charge in [0.15, 0.2) is 0 Å². The molecule has 1 rings (SSSR count). The van der Waals surface area contributed by atoms with E-state index in [0.29, 0.717) is 30.5 Å². The largest absolute Gasteiger partial charge is 0.444 e. The number of amides is 3. The van der Waals surface area contributed by atoms with Crippen LogP contribution in [0.25, 0.3) is 0 Å². The first kappa shape index (κ1) is 30.0. The van der Waals surface area contributed by atoms with E-state index in [4.69, 9.17) is 11.2 Å². The lowest BCUT2D eigenvalue weighted by molar-refractivity contribution is -0.143. The van der Waals surface area contributed by atoms with Gasteiger partial charge in [-0.1, -0.05) is 38.8 Å². The molecule has 0 bridgehead atoms. The lowest BCUT2D eigenvalue weighted by Crippen LogP contribution is -2.55. The lowest BCUT2D eigenvalue weighted by atomic mass is 9.97. The van der Waals surface area contributed by atoms with Crippen molar-refractivity contribution in [3.8, 4) is 12.3 Å². The van der Waals surface area contributed by atoms with Crippen LogP contribution in [0.3, 0.4) is 0 Å². The Hall–Kier alpha value is -3.01. The number of hydrogen-bond donors (Lipinski definition) is 2. The minimum Gasteiger partial charge on any atom is -0.444 e. The van der Waals surface area contributed by atoms with Crippen molar-refractivity contribution in [1.29, 1.82) is 0 Å². The molecule has 0 saturated carbocycles. The number of rotatable bonds is 9. The molecule has 0 fully saturated rings. The standard InChI is InChI=1S/C28H43N3O4/c1-11-17-31(25(33)22(18-19(3)4)29-26(34)35-28(8,9)10)23(24(32)30-27(5,6)7)21-15-13-20(12-2)14-16-21/h2,13-16,19,22-23H,11,17-18H2,1,3-10H3,(H,29,34)(H,30,32). The third kappa shape index (κ3) is 10.4. The smallest absolute Gasteiger partial charge is 0.408 e. The SMILES string of the molecule is C#Cc1ccc(C(C(=O)NC(C)(C)C)N(CCC)C(=O)C(CC(C)C)NC(=O)OC(C)(C)C)cc1. The fourth-order valence-electron chi connectivity index (χ4n) is 3.62. The summed E-state index contributed by atoms with van der Waals surface area (Å²) >= 11 is 0. The molecule has 0 aliphatic heterocycles. The van der Waals surface area contributed by atoms with Crippen LogP contribution in [0.4, 0.5) is 4.79 Å². The first-order chi connectivity index (χ1) is 16.1. The van der Waals surface area contributed by atoms with Gasteiger partial charge in [0.1, 0.15) is 17.7 Å². The molecule has 0 saturated heterocycles. The Kier molecular flexibility index (Phi) is 10.8. The molecule has 0 aromatic heterocycles. The molecule has 0 radical (unpaired) electrons. The first-order valence-corrected chi connectivity index (χ1v) is 12.3. The van der Waals surface area contributed by atoms with E-state index >= 15 is 0 Å². The number of nitrogens with zero attached hydrogens (tertiary/aromatic N) is 1. The van der Waals surface area contributed by atoms with Gasteiger partial charge in [-0.15, -0.1) is 6.42 Å². The summed E-state index contributed by atoms with van der Waals surface area (Å²) in [6, 6.07) is 5.33. The summed E-state index contributed by atoms with van der Waals surface area (Å²) in [4.78, 5) is 41.6. The molecule has 2 N–H and O–H groups in total. The van der Waals surface area contributed by atoms with Crippen molar-refractivity contribution in [2.24, 2.45) is 5.92 Å². The molecule has 0 aliphatic carbocycles. The van der Waals surface area contributed by atoms with Gasteiger partial charge in [0.25, 0.3) is 0 Å². The van der Waals surface area contributed by atoms with Crippen LogP contribution in [0.15, 0.2) is 24.3 Å². The Bertz CT molecular complexity index is 902. The molecule has 7 nitrogen and oxygen atoms in total. The predicted molar refractivity (Wildman–Crippen MR) is 140 cm³/mol. The first-order valence-electron chi connectivity index (χ1n) is 12.3. The average molecular weight is 486 g/mol. The number of ether oxygens (including phenoxy) is 1. The van der Waals surface area contributed by atoms with Crippen LogP contribution in [-0.4, -0.2) is 46.5 Å². The van der Waals surface area contributed by atoms with Crippen LogP contribution < -0.4 is 10.6 Å². The van der Waals surface area contributed by atoms with Crippen LogP contribution in [0.5, 0.6) is 0 Å². The lowest BCUT2D eigenvalue weighted by Gasteiger charge is -2.36. The maximum absolute atomic E-state index is 13.9. The zero-order chi connectivity index (χ0) is 27.0. The van der Waals surface area contributed by atoms with Gasteiger partial charge in [0, 0.05) is 17.6 Å². The van der Waals surface area contributed by atoms with Crippen molar-refractivity contribution in [1.82, 2.24) is 15.5 Å². The summed E-state index contributed by atoms with van der Waals surface area (Å²) in [5.41, 5.74) is 0.127. The van der Waals surface area contributed by atoms with E-state index in [1.54, 1.807) is 49.9 Å². The minimum absolute atomic E-state index is 0.124. The molecule has 1 aromatic rings. The fraction of sp³-hybridized carbons (Fsp3) is 0.607. The summed E-state index contributed by atoms with van der Waals surface area (Å²) in [7, 11) is 0. The molecule has 0 aliphatic rings. The van der Waals surface area contributed by atoms with Crippen LogP contribution in [0.1, 0.15) is 92.3 Å². The Labute approximate surface area is 211 Å². The molecular formula is C28H43N3O4. The normalized spacial score (nSPS) is 13.4. The summed E-state index contributed by atoms with van der Waals surface area (Å²) in [5, 5.41) is 5.75. The van der Waals surface area contributed by atoms with E-state index in [9.17, 15) is 14.4 Å². The van der Waals surface area contributed by atoms with E-state index < -0.39 is 29.3 Å². The minimum atomic E-state index is -0.886. The molecule has 2 unspecified atom stereocenters. The monoisotopic (exact) mass is 485 g/mol. The van der Waals surface area contributed by atoms with Crippen molar-refractivity contribution in [2.45, 2.75) is 98.4 Å². The number of alkyl carbamates (subject to hydrolysis) is 1. The van der Waals surface area contributed by atoms with Crippen molar-refractivity contribution in [3.63, 3.8) is 0 Å². The third-order valence-electron chi connectivity index (χ3n) is 4.90. The second-order valence-electron chi connectivity index (χ2n) is 11.3. The Balaban J connectivity index is 3.47. The number of carbonyl (C=O) groups is 3. The predicted octanol–water partition coefficient (Wildman–Crippen LogP) is 4.80. The molecule has 0 heterocycles. The molecule has 2 atom stereocenters. The molecule has 3 amide bonds. The van der Waals surface area contributed by atoms with E-state index in [1.165, 1.54) is 0 Å². The van der Waals surface area contributed by atoms with Gasteiger partial charge < -0.3 is 20.3 Å². The van der Waals surface area contributed by atoms with Gasteiger partial charge in [-0.25, -0.2) is 4.79 Å². The molecule has 1 aromatic carbocycles. The highest BCUT2D eigenvalue weighted by Crippen LogP contribution is 2.25. The van der Waals surface area contributed by atoms with Crippen LogP contribution in [-0.2, 0) is 14.3 Å². The van der Waals surface area contributed by atoms with E-state index in [0.717, 1.165) is 0 Å². The topological polar surface area (TPSA) is 87.7 Å². The number of carbonyl (C=O) groups excluding carboxylic acids is 3. The molecular weight excluding hydrogens is 442 g/mol. The maximum Gasteiger partial charge on any atom is 0.408 e. The second-order valence-corrected chi connectivity index (χ2v) is 11.3. The summed E-state index contributed by atoms with van der Waals surface area (Å²) in [6.07, 6.45) is 5.88. The van der Waals surface area contributed by atoms with Crippen molar-refractivity contribution >= 4 is 17.9 Å². The van der Waals surface area contributed by atoms with Crippen molar-refractivity contribution < 1.29 is 19.1 Å². The van der Waals surface area contributed by atoms with Crippen LogP contribution >= 0.6 is 0 Å². The number of hydrogen-bond acceptors (Lipinski definition) is 4. The average Bonchev–Trinajstić information content (AvgIpc) is 2.69. The van der Waals surface area contributed by atoms with Gasteiger partial charge in [0.05, 0.1) is 0 Å². The van der Waals surface area contributed by atoms with Gasteiger partial charge >= 0.3 is 6.09 Å². The zero-order valence-electron chi connectivity index (χ0n) is 22.8. The van der Waals surface area contributed by atoms with Gasteiger partial charge in [0.2, 0.25) is 11.8 Å². The summed E-state index contributed by atoms with van der Waals surface area (Å²) in [6.45, 7) is 17.2. The van der Waals surface area contributed by atoms with Gasteiger partial charge in [-0.05, 0) is 78.0 Å². The Morgan fingerprint density at radius 1 is 1.06 bits per heavy atom. The molecule has 194 valence electrons. The highest BCUT2D eigenvalue weighted by molar-refractivity contribution is 5.92. The second kappa shape index (κ2) is 12.6. The van der Waals surface area contributed by atoms with E-state index in [-0.39, 0.29) is 17.7 Å². The highest BCUT2D eigenvalue weighted by atomic mass is 16.6. The fourth-order valence-corrected chi connectivity index (χ4v) is 3.62. The molecule has 7 heteroatoms. The summed E-state index contributed by atoms with van der Waals surface area (Å²) in [5.74, 6) is 2.07. The molecule has 0 spiro atoms. The number of benzene rings is 1. The third-order valence-corrected chi connectivity index (χ3v) is 4.90. The van der Waals surface area contributed by atoms with Crippen molar-refractivity contribution in [3.05, 3.63) is 35.4 Å².